The molecule has 3 heteroatoms. The van der Waals surface area contributed by atoms with E-state index in [-0.39, 0.29) is 0 Å². The largest absolute Gasteiger partial charge is 0.454 e. The van der Waals surface area contributed by atoms with E-state index in [4.69, 9.17) is 4.74 Å². The van der Waals surface area contributed by atoms with Gasteiger partial charge in [0, 0.05) is 47.9 Å². The number of fused-ring (bicyclic) bond motifs is 19. The van der Waals surface area contributed by atoms with Gasteiger partial charge in [0.05, 0.1) is 11.4 Å². The summed E-state index contributed by atoms with van der Waals surface area (Å²) in [6.45, 7) is 0. The van der Waals surface area contributed by atoms with Gasteiger partial charge in [0.15, 0.2) is 5.75 Å². The van der Waals surface area contributed by atoms with E-state index in [2.05, 4.69) is 254 Å². The molecule has 14 rings (SSSR count). The van der Waals surface area contributed by atoms with Crippen molar-refractivity contribution >= 4 is 102 Å². The van der Waals surface area contributed by atoms with E-state index in [9.17, 15) is 0 Å². The van der Waals surface area contributed by atoms with Crippen molar-refractivity contribution < 1.29 is 4.74 Å². The third-order valence-corrected chi connectivity index (χ3v) is 15.3. The lowest BCUT2D eigenvalue weighted by Gasteiger charge is -2.30. The maximum atomic E-state index is 7.28. The minimum atomic E-state index is 0.807. The third kappa shape index (κ3) is 6.25. The van der Waals surface area contributed by atoms with Gasteiger partial charge >= 0.3 is 0 Å². The molecule has 1 aromatic heterocycles. The summed E-state index contributed by atoms with van der Waals surface area (Å²) in [6, 6.07) is 90.9. The van der Waals surface area contributed by atoms with Gasteiger partial charge < -0.3 is 9.64 Å². The second-order valence-corrected chi connectivity index (χ2v) is 18.9. The number of rotatable bonds is 4. The summed E-state index contributed by atoms with van der Waals surface area (Å²) in [5.74, 6) is 1.64. The van der Waals surface area contributed by atoms with Crippen LogP contribution in [0.3, 0.4) is 0 Å². The smallest absolute Gasteiger partial charge is 0.159 e. The first-order chi connectivity index (χ1) is 34.3. The summed E-state index contributed by atoms with van der Waals surface area (Å²) in [5.41, 5.74) is 9.67. The predicted molar refractivity (Wildman–Crippen MR) is 296 cm³/mol. The lowest BCUT2D eigenvalue weighted by atomic mass is 9.93. The van der Waals surface area contributed by atoms with E-state index in [1.807, 2.05) is 11.3 Å². The van der Waals surface area contributed by atoms with Crippen LogP contribution in [0.4, 0.5) is 17.1 Å². The van der Waals surface area contributed by atoms with E-state index >= 15 is 0 Å². The number of ether oxygens (including phenoxy) is 1. The molecule has 0 amide bonds. The van der Waals surface area contributed by atoms with Crippen LogP contribution in [0.2, 0.25) is 0 Å². The highest BCUT2D eigenvalue weighted by Crippen LogP contribution is 2.54. The van der Waals surface area contributed by atoms with Crippen LogP contribution in [0.15, 0.2) is 249 Å². The van der Waals surface area contributed by atoms with Gasteiger partial charge in [-0.3, -0.25) is 0 Å². The number of hydrogen-bond acceptors (Lipinski definition) is 3. The lowest BCUT2D eigenvalue weighted by Crippen LogP contribution is -2.12. The van der Waals surface area contributed by atoms with Gasteiger partial charge in [0.1, 0.15) is 5.75 Å². The maximum absolute atomic E-state index is 7.28. The van der Waals surface area contributed by atoms with Crippen LogP contribution in [0.5, 0.6) is 11.5 Å². The number of nitrogens with zero attached hydrogens (tertiary/aromatic N) is 1. The number of anilines is 3. The molecule has 0 unspecified atom stereocenters. The Labute approximate surface area is 403 Å². The third-order valence-electron chi connectivity index (χ3n) is 14.1. The van der Waals surface area contributed by atoms with Crippen LogP contribution in [-0.2, 0) is 0 Å². The minimum Gasteiger partial charge on any atom is -0.454 e. The van der Waals surface area contributed by atoms with E-state index in [1.165, 1.54) is 68.6 Å². The Morgan fingerprint density at radius 2 is 0.783 bits per heavy atom. The van der Waals surface area contributed by atoms with Gasteiger partial charge in [0.25, 0.3) is 0 Å². The first-order valence-electron chi connectivity index (χ1n) is 23.6. The average Bonchev–Trinajstić information content (AvgIpc) is 3.73. The summed E-state index contributed by atoms with van der Waals surface area (Å²) in [4.78, 5) is 2.43. The molecule has 0 fully saturated rings. The standard InChI is InChI=1S/C66H41NOS/c1-2-19-42(20-3-1)44-21-12-15-33-60(44)67(61-34-18-32-57-51-28-9-8-26-49(51)53-29-13-16-35-62(53)68-65(57)61)43-37-38-52-48-25-7-5-23-46(48)45-22-4-6-24-47(45)50-27-10-11-31-55(50)64-56(59(52)41-43)39-40-58-54-30-14-17-36-63(54)69-66(58)64/h1-41H. The van der Waals surface area contributed by atoms with E-state index < -0.39 is 0 Å². The summed E-state index contributed by atoms with van der Waals surface area (Å²) < 4.78 is 9.85. The molecule has 0 spiro atoms. The SMILES string of the molecule is c1ccc(-c2ccccc2N(c2ccc3c4ccccc4c4ccccc4c4ccccc4c4c(ccc5c6ccccc6sc54)c3c2)c2cccc3c2Oc2ccccc2-c2ccccc2-3)cc1. The molecule has 0 saturated carbocycles. The molecule has 12 aromatic carbocycles. The quantitative estimate of drug-likeness (QED) is 0.175. The van der Waals surface area contributed by atoms with Gasteiger partial charge in [-0.1, -0.05) is 212 Å². The molecule has 0 radical (unpaired) electrons. The zero-order valence-corrected chi connectivity index (χ0v) is 38.3. The number of benzene rings is 11. The van der Waals surface area contributed by atoms with Crippen molar-refractivity contribution in [3.05, 3.63) is 249 Å². The Hall–Kier alpha value is -8.76. The molecular weight excluding hydrogens is 855 g/mol. The molecule has 69 heavy (non-hydrogen) atoms. The zero-order valence-electron chi connectivity index (χ0n) is 37.4. The molecule has 13 aromatic rings. The second kappa shape index (κ2) is 16.0. The summed E-state index contributed by atoms with van der Waals surface area (Å²) in [5, 5.41) is 14.6. The second-order valence-electron chi connectivity index (χ2n) is 17.8. The Morgan fingerprint density at radius 1 is 0.304 bits per heavy atom. The number of para-hydroxylation sites is 3. The van der Waals surface area contributed by atoms with Gasteiger partial charge in [-0.25, -0.2) is 0 Å². The lowest BCUT2D eigenvalue weighted by molar-refractivity contribution is 0.489. The minimum absolute atomic E-state index is 0.807. The van der Waals surface area contributed by atoms with Crippen LogP contribution in [0, 0.1) is 0 Å². The van der Waals surface area contributed by atoms with Crippen LogP contribution >= 0.6 is 11.3 Å². The fourth-order valence-electron chi connectivity index (χ4n) is 11.1. The summed E-state index contributed by atoms with van der Waals surface area (Å²) >= 11 is 1.89. The molecular formula is C66H41NOS. The van der Waals surface area contributed by atoms with Gasteiger partial charge in [-0.05, 0) is 102 Å². The monoisotopic (exact) mass is 895 g/mol. The fraction of sp³-hybridized carbons (Fsp3) is 0. The van der Waals surface area contributed by atoms with Crippen molar-refractivity contribution in [1.29, 1.82) is 0 Å². The highest BCUT2D eigenvalue weighted by Gasteiger charge is 2.28. The van der Waals surface area contributed by atoms with Crippen LogP contribution in [-0.4, -0.2) is 0 Å². The molecule has 1 aliphatic heterocycles. The highest BCUT2D eigenvalue weighted by molar-refractivity contribution is 7.26. The first-order valence-corrected chi connectivity index (χ1v) is 24.4. The highest BCUT2D eigenvalue weighted by atomic mass is 32.1. The van der Waals surface area contributed by atoms with Gasteiger partial charge in [-0.15, -0.1) is 11.3 Å². The van der Waals surface area contributed by atoms with Crippen molar-refractivity contribution in [2.24, 2.45) is 0 Å². The molecule has 0 atom stereocenters. The zero-order chi connectivity index (χ0) is 45.4. The predicted octanol–water partition coefficient (Wildman–Crippen LogP) is 19.5. The van der Waals surface area contributed by atoms with E-state index in [1.54, 1.807) is 0 Å². The Morgan fingerprint density at radius 3 is 1.51 bits per heavy atom. The number of thiophene rings is 1. The van der Waals surface area contributed by atoms with Crippen molar-refractivity contribution in [2.75, 3.05) is 4.90 Å². The normalized spacial score (nSPS) is 11.9. The fourth-order valence-corrected chi connectivity index (χ4v) is 12.3. The molecule has 0 N–H and O–H groups in total. The van der Waals surface area contributed by atoms with Crippen molar-refractivity contribution in [3.63, 3.8) is 0 Å². The van der Waals surface area contributed by atoms with Crippen LogP contribution in [0.1, 0.15) is 0 Å². The van der Waals surface area contributed by atoms with Crippen LogP contribution < -0.4 is 9.64 Å². The molecule has 2 heterocycles. The molecule has 0 aliphatic carbocycles. The van der Waals surface area contributed by atoms with Gasteiger partial charge in [0.2, 0.25) is 0 Å². The van der Waals surface area contributed by atoms with Crippen molar-refractivity contribution in [2.45, 2.75) is 0 Å². The number of hydrogen-bond donors (Lipinski definition) is 0. The van der Waals surface area contributed by atoms with Crippen molar-refractivity contribution in [1.82, 2.24) is 0 Å². The Bertz CT molecular complexity index is 4300. The summed E-state index contributed by atoms with van der Waals surface area (Å²) in [7, 11) is 0. The Kier molecular flexibility index (Phi) is 9.11. The molecule has 2 nitrogen and oxygen atoms in total. The molecule has 1 aliphatic rings. The topological polar surface area (TPSA) is 12.5 Å². The Balaban J connectivity index is 1.17. The molecule has 322 valence electrons. The average molecular weight is 896 g/mol. The summed E-state index contributed by atoms with van der Waals surface area (Å²) in [6.07, 6.45) is 0. The van der Waals surface area contributed by atoms with E-state index in [0.717, 1.165) is 67.3 Å². The molecule has 0 bridgehead atoms. The van der Waals surface area contributed by atoms with Crippen LogP contribution in [0.25, 0.3) is 107 Å². The van der Waals surface area contributed by atoms with Gasteiger partial charge in [-0.2, -0.15) is 0 Å². The van der Waals surface area contributed by atoms with E-state index in [0.29, 0.717) is 0 Å². The maximum Gasteiger partial charge on any atom is 0.159 e. The first kappa shape index (κ1) is 39.4. The molecule has 0 saturated heterocycles. The van der Waals surface area contributed by atoms with Crippen molar-refractivity contribution in [3.8, 4) is 44.9 Å².